The minimum absolute atomic E-state index is 0.404. The first-order valence-electron chi connectivity index (χ1n) is 4.22. The Labute approximate surface area is 68.6 Å². The average Bonchev–Trinajstić information content (AvgIpc) is 2.39. The third-order valence-corrected chi connectivity index (χ3v) is 2.35. The predicted octanol–water partition coefficient (Wildman–Crippen LogP) is 1.53. The second-order valence-electron chi connectivity index (χ2n) is 3.13. The predicted molar refractivity (Wildman–Crippen MR) is 46.3 cm³/mol. The fourth-order valence-corrected chi connectivity index (χ4v) is 1.69. The van der Waals surface area contributed by atoms with Crippen molar-refractivity contribution in [2.75, 3.05) is 13.7 Å². The number of hydrogen-bond acceptors (Lipinski definition) is 2. The Kier molecular flexibility index (Phi) is 2.94. The van der Waals surface area contributed by atoms with Crippen LogP contribution in [0.15, 0.2) is 12.3 Å². The minimum Gasteiger partial charge on any atom is -0.388 e. The normalized spacial score (nSPS) is 26.7. The molecule has 1 aliphatic rings. The fourth-order valence-electron chi connectivity index (χ4n) is 1.69. The summed E-state index contributed by atoms with van der Waals surface area (Å²) in [5.41, 5.74) is 1.16. The summed E-state index contributed by atoms with van der Waals surface area (Å²) < 4.78 is 5.35. The topological polar surface area (TPSA) is 21.3 Å². The second-order valence-corrected chi connectivity index (χ2v) is 3.13. The van der Waals surface area contributed by atoms with E-state index in [9.17, 15) is 0 Å². The van der Waals surface area contributed by atoms with Gasteiger partial charge in [-0.15, -0.1) is 0 Å². The van der Waals surface area contributed by atoms with Crippen LogP contribution in [0.5, 0.6) is 0 Å². The molecular formula is C9H17NO. The molecule has 0 unspecified atom stereocenters. The Morgan fingerprint density at radius 3 is 2.91 bits per heavy atom. The summed E-state index contributed by atoms with van der Waals surface area (Å²) in [6.45, 7) is 7.08. The van der Waals surface area contributed by atoms with Gasteiger partial charge in [-0.2, -0.15) is 0 Å². The molecule has 0 aromatic rings. The summed E-state index contributed by atoms with van der Waals surface area (Å²) >= 11 is 0. The van der Waals surface area contributed by atoms with Crippen LogP contribution in [0.4, 0.5) is 0 Å². The Balaban J connectivity index is 2.40. The summed E-state index contributed by atoms with van der Waals surface area (Å²) in [6.07, 6.45) is 2.57. The Morgan fingerprint density at radius 2 is 2.55 bits per heavy atom. The highest BCUT2D eigenvalue weighted by Gasteiger charge is 2.24. The zero-order valence-corrected chi connectivity index (χ0v) is 7.39. The van der Waals surface area contributed by atoms with Crippen LogP contribution in [0, 0.1) is 5.92 Å². The van der Waals surface area contributed by atoms with Crippen molar-refractivity contribution in [2.24, 2.45) is 5.92 Å². The van der Waals surface area contributed by atoms with E-state index in [1.807, 2.05) is 0 Å². The molecule has 0 saturated carbocycles. The highest BCUT2D eigenvalue weighted by atomic mass is 16.5. The van der Waals surface area contributed by atoms with Gasteiger partial charge in [-0.25, -0.2) is 0 Å². The molecule has 1 fully saturated rings. The summed E-state index contributed by atoms with van der Waals surface area (Å²) in [5, 5.41) is 3.24. The van der Waals surface area contributed by atoms with Gasteiger partial charge in [0.15, 0.2) is 0 Å². The molecule has 0 aliphatic carbocycles. The molecule has 1 saturated heterocycles. The van der Waals surface area contributed by atoms with Gasteiger partial charge in [-0.05, 0) is 12.8 Å². The van der Waals surface area contributed by atoms with Crippen molar-refractivity contribution in [3.05, 3.63) is 12.3 Å². The minimum atomic E-state index is 0.404. The zero-order chi connectivity index (χ0) is 8.27. The highest BCUT2D eigenvalue weighted by molar-refractivity contribution is 5.01. The first kappa shape index (κ1) is 8.60. The lowest BCUT2D eigenvalue weighted by Gasteiger charge is -2.18. The second kappa shape index (κ2) is 3.77. The van der Waals surface area contributed by atoms with Crippen LogP contribution in [-0.2, 0) is 4.74 Å². The van der Waals surface area contributed by atoms with Crippen molar-refractivity contribution < 1.29 is 4.74 Å². The van der Waals surface area contributed by atoms with Crippen molar-refractivity contribution >= 4 is 0 Å². The van der Waals surface area contributed by atoms with Gasteiger partial charge in [0.25, 0.3) is 0 Å². The maximum atomic E-state index is 5.35. The molecule has 64 valence electrons. The number of nitrogens with one attached hydrogen (secondary N) is 1. The lowest BCUT2D eigenvalue weighted by atomic mass is 9.99. The van der Waals surface area contributed by atoms with Crippen LogP contribution in [0.1, 0.15) is 19.8 Å². The zero-order valence-electron chi connectivity index (χ0n) is 7.39. The molecule has 1 heterocycles. The average molecular weight is 155 g/mol. The SMILES string of the molecule is C=C1C[C@@H]([C@@H](CC)OC)CN1. The van der Waals surface area contributed by atoms with Gasteiger partial charge < -0.3 is 10.1 Å². The van der Waals surface area contributed by atoms with Crippen molar-refractivity contribution in [3.63, 3.8) is 0 Å². The third-order valence-electron chi connectivity index (χ3n) is 2.35. The summed E-state index contributed by atoms with van der Waals surface area (Å²) in [5.74, 6) is 0.637. The van der Waals surface area contributed by atoms with E-state index in [1.54, 1.807) is 7.11 Å². The third kappa shape index (κ3) is 1.96. The van der Waals surface area contributed by atoms with Gasteiger partial charge in [-0.3, -0.25) is 0 Å². The lowest BCUT2D eigenvalue weighted by molar-refractivity contribution is 0.0567. The molecule has 1 rings (SSSR count). The number of methoxy groups -OCH3 is 1. The number of allylic oxidation sites excluding steroid dienone is 1. The van der Waals surface area contributed by atoms with E-state index in [0.717, 1.165) is 25.1 Å². The number of hydrogen-bond donors (Lipinski definition) is 1. The van der Waals surface area contributed by atoms with Crippen LogP contribution in [0.25, 0.3) is 0 Å². The molecule has 0 aromatic carbocycles. The van der Waals surface area contributed by atoms with Crippen molar-refractivity contribution in [2.45, 2.75) is 25.9 Å². The van der Waals surface area contributed by atoms with Gasteiger partial charge in [0.05, 0.1) is 6.10 Å². The molecule has 0 amide bonds. The van der Waals surface area contributed by atoms with Crippen molar-refractivity contribution in [1.82, 2.24) is 5.32 Å². The van der Waals surface area contributed by atoms with Crippen LogP contribution in [0.2, 0.25) is 0 Å². The number of ether oxygens (including phenoxy) is 1. The fraction of sp³-hybridized carbons (Fsp3) is 0.778. The van der Waals surface area contributed by atoms with E-state index in [-0.39, 0.29) is 0 Å². The van der Waals surface area contributed by atoms with Gasteiger partial charge in [-0.1, -0.05) is 13.5 Å². The van der Waals surface area contributed by atoms with Crippen molar-refractivity contribution in [1.29, 1.82) is 0 Å². The Morgan fingerprint density at radius 1 is 1.82 bits per heavy atom. The molecule has 1 N–H and O–H groups in total. The molecule has 0 spiro atoms. The van der Waals surface area contributed by atoms with E-state index in [4.69, 9.17) is 4.74 Å². The van der Waals surface area contributed by atoms with Crippen LogP contribution in [0.3, 0.4) is 0 Å². The van der Waals surface area contributed by atoms with E-state index in [0.29, 0.717) is 12.0 Å². The highest BCUT2D eigenvalue weighted by Crippen LogP contribution is 2.22. The molecule has 0 radical (unpaired) electrons. The lowest BCUT2D eigenvalue weighted by Crippen LogP contribution is -2.23. The Hall–Kier alpha value is -0.500. The van der Waals surface area contributed by atoms with E-state index in [2.05, 4.69) is 18.8 Å². The molecule has 0 aromatic heterocycles. The quantitative estimate of drug-likeness (QED) is 0.667. The van der Waals surface area contributed by atoms with Gasteiger partial charge in [0, 0.05) is 25.3 Å². The van der Waals surface area contributed by atoms with Gasteiger partial charge in [0.2, 0.25) is 0 Å². The molecule has 2 atom stereocenters. The van der Waals surface area contributed by atoms with Gasteiger partial charge >= 0.3 is 0 Å². The monoisotopic (exact) mass is 155 g/mol. The van der Waals surface area contributed by atoms with Crippen LogP contribution < -0.4 is 5.32 Å². The van der Waals surface area contributed by atoms with E-state index >= 15 is 0 Å². The number of rotatable bonds is 3. The summed E-state index contributed by atoms with van der Waals surface area (Å²) in [4.78, 5) is 0. The molecule has 11 heavy (non-hydrogen) atoms. The largest absolute Gasteiger partial charge is 0.388 e. The molecular weight excluding hydrogens is 138 g/mol. The molecule has 1 aliphatic heterocycles. The van der Waals surface area contributed by atoms with Gasteiger partial charge in [0.1, 0.15) is 0 Å². The maximum Gasteiger partial charge on any atom is 0.0617 e. The summed E-state index contributed by atoms with van der Waals surface area (Å²) in [6, 6.07) is 0. The maximum absolute atomic E-state index is 5.35. The van der Waals surface area contributed by atoms with E-state index < -0.39 is 0 Å². The van der Waals surface area contributed by atoms with Crippen LogP contribution in [-0.4, -0.2) is 19.8 Å². The first-order chi connectivity index (χ1) is 5.27. The molecule has 2 nitrogen and oxygen atoms in total. The van der Waals surface area contributed by atoms with Crippen LogP contribution >= 0.6 is 0 Å². The Bertz CT molecular complexity index is 140. The van der Waals surface area contributed by atoms with Crippen molar-refractivity contribution in [3.8, 4) is 0 Å². The standard InChI is InChI=1S/C9H17NO/c1-4-9(11-3)8-5-7(2)10-6-8/h8-10H,2,4-6H2,1,3H3/t8-,9-/m1/s1. The first-order valence-corrected chi connectivity index (χ1v) is 4.22. The molecule has 0 bridgehead atoms. The smallest absolute Gasteiger partial charge is 0.0617 e. The summed E-state index contributed by atoms with van der Waals surface area (Å²) in [7, 11) is 1.79. The molecule has 2 heteroatoms. The van der Waals surface area contributed by atoms with E-state index in [1.165, 1.54) is 0 Å².